The van der Waals surface area contributed by atoms with Gasteiger partial charge in [0.25, 0.3) is 0 Å². The summed E-state index contributed by atoms with van der Waals surface area (Å²) in [6, 6.07) is 2.97. The van der Waals surface area contributed by atoms with Gasteiger partial charge in [-0.1, -0.05) is 13.0 Å². The van der Waals surface area contributed by atoms with E-state index in [0.29, 0.717) is 42.1 Å². The number of aromatic hydroxyl groups is 2. The molecule has 0 spiro atoms. The molecule has 1 unspecified atom stereocenters. The monoisotopic (exact) mass is 534 g/mol. The molecule has 0 aromatic heterocycles. The maximum atomic E-state index is 12.4. The molecule has 2 bridgehead atoms. The van der Waals surface area contributed by atoms with E-state index in [-0.39, 0.29) is 48.9 Å². The van der Waals surface area contributed by atoms with Gasteiger partial charge in [0.15, 0.2) is 23.0 Å². The Bertz CT molecular complexity index is 1420. The molecule has 39 heavy (non-hydrogen) atoms. The average Bonchev–Trinajstić information content (AvgIpc) is 3.41. The van der Waals surface area contributed by atoms with Crippen molar-refractivity contribution in [2.24, 2.45) is 0 Å². The van der Waals surface area contributed by atoms with Gasteiger partial charge in [-0.15, -0.1) is 0 Å². The van der Waals surface area contributed by atoms with Crippen molar-refractivity contribution in [1.82, 2.24) is 15.1 Å². The molecule has 0 radical (unpaired) electrons. The number of hydrogen-bond acceptors (Lipinski definition) is 9. The van der Waals surface area contributed by atoms with Crippen LogP contribution in [0.4, 0.5) is 0 Å². The Labute approximate surface area is 227 Å². The van der Waals surface area contributed by atoms with E-state index in [1.54, 1.807) is 21.0 Å². The van der Waals surface area contributed by atoms with Crippen LogP contribution in [-0.2, 0) is 17.6 Å². The van der Waals surface area contributed by atoms with Gasteiger partial charge in [0.05, 0.1) is 25.3 Å². The topological polar surface area (TPSA) is 128 Å². The highest BCUT2D eigenvalue weighted by atomic mass is 16.7. The van der Waals surface area contributed by atoms with Crippen LogP contribution in [0.2, 0.25) is 0 Å². The lowest BCUT2D eigenvalue weighted by Gasteiger charge is -2.60. The first-order valence-corrected chi connectivity index (χ1v) is 13.4. The molecular weight excluding hydrogens is 500 g/mol. The van der Waals surface area contributed by atoms with Crippen LogP contribution in [0.25, 0.3) is 0 Å². The van der Waals surface area contributed by atoms with Crippen LogP contribution >= 0.6 is 0 Å². The Balaban J connectivity index is 1.59. The van der Waals surface area contributed by atoms with Crippen molar-refractivity contribution in [3.05, 3.63) is 39.4 Å². The number of ether oxygens (including phenoxy) is 3. The summed E-state index contributed by atoms with van der Waals surface area (Å²) in [6.07, 6.45) is 1.34. The number of benzene rings is 2. The molecule has 0 saturated carbocycles. The molecule has 10 nitrogen and oxygen atoms in total. The number of rotatable bonds is 4. The molecule has 1 fully saturated rings. The smallest absolute Gasteiger partial charge is 0.231 e. The summed E-state index contributed by atoms with van der Waals surface area (Å²) in [5.74, 6) is 1.67. The number of carbonyl (C=O) groups excluding carboxylic acids is 1. The zero-order valence-electron chi connectivity index (χ0n) is 22.9. The van der Waals surface area contributed by atoms with E-state index in [9.17, 15) is 20.3 Å². The number of nitriles is 1. The van der Waals surface area contributed by atoms with Gasteiger partial charge in [-0.25, -0.2) is 0 Å². The minimum absolute atomic E-state index is 0.0413. The molecule has 2 aromatic rings. The number of amides is 1. The number of carbonyl (C=O) groups is 1. The molecule has 0 aliphatic carbocycles. The Kier molecular flexibility index (Phi) is 6.04. The molecule has 4 heterocycles. The van der Waals surface area contributed by atoms with Crippen LogP contribution in [0.5, 0.6) is 28.7 Å². The summed E-state index contributed by atoms with van der Waals surface area (Å²) in [5, 5.41) is 36.5. The molecular formula is C29H34N4O6. The number of nitrogens with zero attached hydrogens (tertiary/aromatic N) is 3. The zero-order valence-corrected chi connectivity index (χ0v) is 22.9. The largest absolute Gasteiger partial charge is 0.507 e. The van der Waals surface area contributed by atoms with Gasteiger partial charge in [0.1, 0.15) is 11.8 Å². The van der Waals surface area contributed by atoms with Crippen LogP contribution in [-0.4, -0.2) is 71.5 Å². The SMILES string of the molecule is CCC(=O)NC[C@H]1c2c(c(O)c(C)c3c2OCO3)CC2[C@H]3c4c(cc(C)c(OC)c4O)C[C@@H]([C@H](C#N)N21)N3C. The first-order valence-electron chi connectivity index (χ1n) is 13.4. The first kappa shape index (κ1) is 25.6. The van der Waals surface area contributed by atoms with Crippen LogP contribution in [0.1, 0.15) is 58.8 Å². The van der Waals surface area contributed by atoms with Crippen molar-refractivity contribution in [2.45, 2.75) is 70.2 Å². The summed E-state index contributed by atoms with van der Waals surface area (Å²) in [4.78, 5) is 16.8. The van der Waals surface area contributed by atoms with Crippen LogP contribution in [0, 0.1) is 25.2 Å². The van der Waals surface area contributed by atoms with E-state index in [1.165, 1.54) is 0 Å². The van der Waals surface area contributed by atoms with Crippen molar-refractivity contribution in [3.8, 4) is 34.8 Å². The molecule has 4 aliphatic heterocycles. The minimum Gasteiger partial charge on any atom is -0.507 e. The fourth-order valence-corrected chi connectivity index (χ4v) is 7.38. The molecule has 4 aliphatic rings. The molecule has 206 valence electrons. The first-order chi connectivity index (χ1) is 18.7. The second-order valence-electron chi connectivity index (χ2n) is 10.9. The van der Waals surface area contributed by atoms with Crippen molar-refractivity contribution >= 4 is 5.91 Å². The van der Waals surface area contributed by atoms with Gasteiger partial charge in [0, 0.05) is 47.3 Å². The normalized spacial score (nSPS) is 26.7. The van der Waals surface area contributed by atoms with Gasteiger partial charge in [-0.2, -0.15) is 5.26 Å². The fraction of sp³-hybridized carbons (Fsp3) is 0.517. The van der Waals surface area contributed by atoms with Gasteiger partial charge < -0.3 is 29.7 Å². The van der Waals surface area contributed by atoms with Crippen molar-refractivity contribution in [3.63, 3.8) is 0 Å². The lowest BCUT2D eigenvalue weighted by Crippen LogP contribution is -2.68. The number of fused-ring (bicyclic) bond motifs is 9. The van der Waals surface area contributed by atoms with Gasteiger partial charge in [0.2, 0.25) is 12.7 Å². The van der Waals surface area contributed by atoms with Crippen LogP contribution < -0.4 is 19.5 Å². The third-order valence-corrected chi connectivity index (χ3v) is 9.11. The van der Waals surface area contributed by atoms with E-state index >= 15 is 0 Å². The summed E-state index contributed by atoms with van der Waals surface area (Å²) in [5.41, 5.74) is 4.73. The number of phenols is 2. The highest BCUT2D eigenvalue weighted by Crippen LogP contribution is 2.58. The quantitative estimate of drug-likeness (QED) is 0.543. The predicted molar refractivity (Wildman–Crippen MR) is 141 cm³/mol. The predicted octanol–water partition coefficient (Wildman–Crippen LogP) is 2.75. The number of likely N-dealkylation sites (N-methyl/N-ethyl adjacent to an activating group) is 1. The Morgan fingerprint density at radius 2 is 1.92 bits per heavy atom. The molecule has 5 atom stereocenters. The van der Waals surface area contributed by atoms with Gasteiger partial charge in [-0.3, -0.25) is 14.6 Å². The molecule has 1 saturated heterocycles. The number of hydrogen-bond donors (Lipinski definition) is 3. The average molecular weight is 535 g/mol. The molecule has 6 rings (SSSR count). The van der Waals surface area contributed by atoms with Crippen molar-refractivity contribution in [1.29, 1.82) is 5.26 Å². The van der Waals surface area contributed by atoms with Crippen LogP contribution in [0.3, 0.4) is 0 Å². The number of piperazine rings is 1. The molecule has 3 N–H and O–H groups in total. The summed E-state index contributed by atoms with van der Waals surface area (Å²) in [6.45, 7) is 5.79. The standard InChI is InChI=1S/C29H34N4O6/c1-6-21(34)31-11-20-23-16(25(35)14(3)28-29(23)39-12-38-28)9-18-24-22-15(7-13(2)27(37-5)26(22)36)8-17(32(24)4)19(10-30)33(18)20/h7,17-20,24,35-36H,6,8-9,11-12H2,1-5H3,(H,31,34)/t17-,18?,19-,20-,24-/m0/s1. The second-order valence-corrected chi connectivity index (χ2v) is 10.9. The number of aryl methyl sites for hydroxylation is 1. The lowest BCUT2D eigenvalue weighted by atomic mass is 9.71. The van der Waals surface area contributed by atoms with E-state index in [1.807, 2.05) is 14.0 Å². The van der Waals surface area contributed by atoms with E-state index in [4.69, 9.17) is 14.2 Å². The van der Waals surface area contributed by atoms with Crippen molar-refractivity contribution in [2.75, 3.05) is 27.5 Å². The Hall–Kier alpha value is -3.68. The van der Waals surface area contributed by atoms with Gasteiger partial charge >= 0.3 is 0 Å². The summed E-state index contributed by atoms with van der Waals surface area (Å²) in [7, 11) is 3.55. The number of phenolic OH excluding ortho intramolecular Hbond substituents is 2. The van der Waals surface area contributed by atoms with Crippen molar-refractivity contribution < 1.29 is 29.2 Å². The summed E-state index contributed by atoms with van der Waals surface area (Å²) < 4.78 is 17.3. The van der Waals surface area contributed by atoms with E-state index in [0.717, 1.165) is 27.8 Å². The molecule has 1 amide bonds. The van der Waals surface area contributed by atoms with E-state index in [2.05, 4.69) is 27.3 Å². The number of methoxy groups -OCH3 is 1. The van der Waals surface area contributed by atoms with Crippen LogP contribution in [0.15, 0.2) is 6.07 Å². The Morgan fingerprint density at radius 1 is 1.18 bits per heavy atom. The van der Waals surface area contributed by atoms with E-state index < -0.39 is 12.1 Å². The zero-order chi connectivity index (χ0) is 27.7. The minimum atomic E-state index is -0.507. The highest BCUT2D eigenvalue weighted by Gasteiger charge is 2.56. The Morgan fingerprint density at radius 3 is 2.62 bits per heavy atom. The molecule has 2 aromatic carbocycles. The third kappa shape index (κ3) is 3.49. The maximum absolute atomic E-state index is 12.4. The lowest BCUT2D eigenvalue weighted by molar-refractivity contribution is -0.121. The van der Waals surface area contributed by atoms with Gasteiger partial charge in [-0.05, 0) is 44.9 Å². The highest BCUT2D eigenvalue weighted by molar-refractivity contribution is 5.75. The fourth-order valence-electron chi connectivity index (χ4n) is 7.38. The number of nitrogens with one attached hydrogen (secondary N) is 1. The maximum Gasteiger partial charge on any atom is 0.231 e. The summed E-state index contributed by atoms with van der Waals surface area (Å²) >= 11 is 0. The molecule has 10 heteroatoms. The second kappa shape index (κ2) is 9.21. The third-order valence-electron chi connectivity index (χ3n) is 9.11.